The van der Waals surface area contributed by atoms with Crippen LogP contribution in [0.3, 0.4) is 0 Å². The number of aliphatic hydroxyl groups excluding tert-OH is 1. The Kier molecular flexibility index (Phi) is 6.15. The zero-order chi connectivity index (χ0) is 15.2. The van der Waals surface area contributed by atoms with Crippen LogP contribution in [0.2, 0.25) is 0 Å². The fourth-order valence-corrected chi connectivity index (χ4v) is 3.21. The number of rotatable bonds is 6. The second-order valence-electron chi connectivity index (χ2n) is 6.42. The van der Waals surface area contributed by atoms with Gasteiger partial charge in [0.25, 0.3) is 0 Å². The van der Waals surface area contributed by atoms with E-state index in [1.54, 1.807) is 18.2 Å². The lowest BCUT2D eigenvalue weighted by atomic mass is 9.92. The second kappa shape index (κ2) is 7.87. The van der Waals surface area contributed by atoms with Gasteiger partial charge in [-0.2, -0.15) is 0 Å². The van der Waals surface area contributed by atoms with Crippen molar-refractivity contribution in [1.29, 1.82) is 0 Å². The predicted octanol–water partition coefficient (Wildman–Crippen LogP) is 2.68. The van der Waals surface area contributed by atoms with Gasteiger partial charge in [-0.15, -0.1) is 0 Å². The summed E-state index contributed by atoms with van der Waals surface area (Å²) in [6.07, 6.45) is 0.741. The van der Waals surface area contributed by atoms with E-state index in [9.17, 15) is 9.50 Å². The van der Waals surface area contributed by atoms with Gasteiger partial charge in [0.05, 0.1) is 19.3 Å². The molecule has 1 aromatic rings. The van der Waals surface area contributed by atoms with E-state index in [-0.39, 0.29) is 19.0 Å². The molecule has 118 valence electrons. The van der Waals surface area contributed by atoms with Gasteiger partial charge in [-0.3, -0.25) is 0 Å². The van der Waals surface area contributed by atoms with E-state index in [4.69, 9.17) is 4.74 Å². The third kappa shape index (κ3) is 5.38. The maximum Gasteiger partial charge on any atom is 0.128 e. The zero-order valence-electron chi connectivity index (χ0n) is 13.0. The first-order chi connectivity index (χ1) is 10.0. The lowest BCUT2D eigenvalue weighted by Gasteiger charge is -2.35. The van der Waals surface area contributed by atoms with Crippen LogP contribution in [-0.4, -0.2) is 42.4 Å². The molecule has 4 heteroatoms. The van der Waals surface area contributed by atoms with Crippen LogP contribution in [0.5, 0.6) is 0 Å². The molecule has 0 bridgehead atoms. The van der Waals surface area contributed by atoms with Crippen LogP contribution in [0.1, 0.15) is 25.8 Å². The molecular weight excluding hydrogens is 269 g/mol. The summed E-state index contributed by atoms with van der Waals surface area (Å²) in [5.41, 5.74) is 0.532. The van der Waals surface area contributed by atoms with Crippen LogP contribution in [0.15, 0.2) is 24.3 Å². The predicted molar refractivity (Wildman–Crippen MR) is 81.4 cm³/mol. The molecule has 1 heterocycles. The Morgan fingerprint density at radius 3 is 2.62 bits per heavy atom. The molecule has 0 saturated carbocycles. The summed E-state index contributed by atoms with van der Waals surface area (Å²) in [6.45, 7) is 7.66. The monoisotopic (exact) mass is 295 g/mol. The number of ether oxygens (including phenoxy) is 1. The summed E-state index contributed by atoms with van der Waals surface area (Å²) in [5, 5.41) is 10.1. The van der Waals surface area contributed by atoms with Crippen LogP contribution in [0.25, 0.3) is 0 Å². The Balaban J connectivity index is 1.70. The molecule has 3 nitrogen and oxygen atoms in total. The molecule has 21 heavy (non-hydrogen) atoms. The first kappa shape index (κ1) is 16.4. The summed E-state index contributed by atoms with van der Waals surface area (Å²) in [5.74, 6) is 1.10. The fourth-order valence-electron chi connectivity index (χ4n) is 3.21. The van der Waals surface area contributed by atoms with Crippen molar-refractivity contribution in [2.75, 3.05) is 26.2 Å². The first-order valence-electron chi connectivity index (χ1n) is 7.76. The normalized spacial score (nSPS) is 25.0. The van der Waals surface area contributed by atoms with Gasteiger partial charge in [-0.05, 0) is 24.3 Å². The van der Waals surface area contributed by atoms with Crippen molar-refractivity contribution in [2.24, 2.45) is 11.8 Å². The van der Waals surface area contributed by atoms with Gasteiger partial charge < -0.3 is 14.7 Å². The lowest BCUT2D eigenvalue weighted by molar-refractivity contribution is -0.00151. The number of hydrogen-bond acceptors (Lipinski definition) is 3. The molecular formula is C17H26FNO2. The average Bonchev–Trinajstić information content (AvgIpc) is 2.39. The van der Waals surface area contributed by atoms with E-state index in [1.807, 2.05) is 0 Å². The highest BCUT2D eigenvalue weighted by atomic mass is 19.1. The molecule has 1 N–H and O–H groups in total. The highest BCUT2D eigenvalue weighted by Gasteiger charge is 2.23. The van der Waals surface area contributed by atoms with Gasteiger partial charge in [0.15, 0.2) is 0 Å². The molecule has 1 aromatic carbocycles. The number of likely N-dealkylation sites (tertiary alicyclic amines) is 1. The van der Waals surface area contributed by atoms with Gasteiger partial charge in [0.1, 0.15) is 5.82 Å². The first-order valence-corrected chi connectivity index (χ1v) is 7.76. The molecule has 1 aliphatic heterocycles. The van der Waals surface area contributed by atoms with E-state index in [2.05, 4.69) is 18.7 Å². The maximum absolute atomic E-state index is 13.4. The Hall–Kier alpha value is -0.970. The number of piperidine rings is 1. The summed E-state index contributed by atoms with van der Waals surface area (Å²) in [7, 11) is 0. The van der Waals surface area contributed by atoms with Gasteiger partial charge in [0.2, 0.25) is 0 Å². The topological polar surface area (TPSA) is 32.7 Å². The van der Waals surface area contributed by atoms with Crippen molar-refractivity contribution in [3.8, 4) is 0 Å². The van der Waals surface area contributed by atoms with Crippen molar-refractivity contribution in [3.05, 3.63) is 35.6 Å². The Morgan fingerprint density at radius 1 is 1.29 bits per heavy atom. The number of β-amino-alcohol motifs (C(OH)–C–C–N with tert-alkyl or cyclic N) is 1. The summed E-state index contributed by atoms with van der Waals surface area (Å²) in [4.78, 5) is 2.30. The van der Waals surface area contributed by atoms with E-state index in [1.165, 1.54) is 12.5 Å². The van der Waals surface area contributed by atoms with Crippen molar-refractivity contribution in [1.82, 2.24) is 4.90 Å². The molecule has 3 atom stereocenters. The number of hydrogen-bond donors (Lipinski definition) is 1. The minimum atomic E-state index is -0.519. The average molecular weight is 295 g/mol. The van der Waals surface area contributed by atoms with Gasteiger partial charge in [-0.25, -0.2) is 4.39 Å². The molecule has 0 radical (unpaired) electrons. The van der Waals surface area contributed by atoms with E-state index in [0.29, 0.717) is 23.9 Å². The third-order valence-corrected chi connectivity index (χ3v) is 3.94. The summed E-state index contributed by atoms with van der Waals surface area (Å²) >= 11 is 0. The number of halogens is 1. The number of aliphatic hydroxyl groups is 1. The van der Waals surface area contributed by atoms with Crippen molar-refractivity contribution < 1.29 is 14.2 Å². The zero-order valence-corrected chi connectivity index (χ0v) is 13.0. The molecule has 0 spiro atoms. The number of benzene rings is 1. The van der Waals surface area contributed by atoms with E-state index >= 15 is 0 Å². The third-order valence-electron chi connectivity index (χ3n) is 3.94. The fraction of sp³-hybridized carbons (Fsp3) is 0.647. The highest BCUT2D eigenvalue weighted by molar-refractivity contribution is 5.16. The molecule has 1 aliphatic rings. The Morgan fingerprint density at radius 2 is 1.95 bits per heavy atom. The highest BCUT2D eigenvalue weighted by Crippen LogP contribution is 2.20. The van der Waals surface area contributed by atoms with Crippen LogP contribution >= 0.6 is 0 Å². The largest absolute Gasteiger partial charge is 0.389 e. The van der Waals surface area contributed by atoms with Crippen molar-refractivity contribution in [3.63, 3.8) is 0 Å². The minimum absolute atomic E-state index is 0.205. The van der Waals surface area contributed by atoms with Crippen LogP contribution in [-0.2, 0) is 11.3 Å². The van der Waals surface area contributed by atoms with Gasteiger partial charge in [-0.1, -0.05) is 32.0 Å². The standard InChI is InChI=1S/C17H26FNO2/c1-13-7-14(2)9-19(8-13)10-16(20)12-21-11-15-5-3-4-6-17(15)18/h3-6,13-14,16,20H,7-12H2,1-2H3/t13-,14-,16-/m0/s1. The molecule has 1 fully saturated rings. The molecule has 0 aliphatic carbocycles. The lowest BCUT2D eigenvalue weighted by Crippen LogP contribution is -2.43. The quantitative estimate of drug-likeness (QED) is 0.876. The van der Waals surface area contributed by atoms with Crippen LogP contribution in [0.4, 0.5) is 4.39 Å². The number of nitrogens with zero attached hydrogens (tertiary/aromatic N) is 1. The summed E-state index contributed by atoms with van der Waals surface area (Å²) < 4.78 is 18.9. The molecule has 1 saturated heterocycles. The van der Waals surface area contributed by atoms with Crippen LogP contribution in [0, 0.1) is 17.7 Å². The van der Waals surface area contributed by atoms with Gasteiger partial charge >= 0.3 is 0 Å². The molecule has 0 aromatic heterocycles. The molecule has 2 rings (SSSR count). The van der Waals surface area contributed by atoms with Crippen LogP contribution < -0.4 is 0 Å². The smallest absolute Gasteiger partial charge is 0.128 e. The maximum atomic E-state index is 13.4. The van der Waals surface area contributed by atoms with E-state index < -0.39 is 6.10 Å². The minimum Gasteiger partial charge on any atom is -0.389 e. The van der Waals surface area contributed by atoms with Gasteiger partial charge in [0, 0.05) is 25.2 Å². The SMILES string of the molecule is C[C@H]1C[C@H](C)CN(C[C@H](O)COCc2ccccc2F)C1. The van der Waals surface area contributed by atoms with Crippen molar-refractivity contribution in [2.45, 2.75) is 33.0 Å². The molecule has 0 amide bonds. The molecule has 0 unspecified atom stereocenters. The Labute approximate surface area is 126 Å². The Bertz CT molecular complexity index is 431. The summed E-state index contributed by atoms with van der Waals surface area (Å²) in [6, 6.07) is 6.57. The second-order valence-corrected chi connectivity index (χ2v) is 6.42. The van der Waals surface area contributed by atoms with E-state index in [0.717, 1.165) is 13.1 Å². The van der Waals surface area contributed by atoms with Crippen molar-refractivity contribution >= 4 is 0 Å².